The van der Waals surface area contributed by atoms with Gasteiger partial charge in [-0.1, -0.05) is 6.92 Å². The number of carbonyl (C=O) groups is 1. The van der Waals surface area contributed by atoms with E-state index in [0.717, 1.165) is 29.0 Å². The van der Waals surface area contributed by atoms with Crippen LogP contribution in [0.1, 0.15) is 37.4 Å². The monoisotopic (exact) mass is 327 g/mol. The predicted octanol–water partition coefficient (Wildman–Crippen LogP) is 4.40. The van der Waals surface area contributed by atoms with E-state index in [4.69, 9.17) is 4.74 Å². The third kappa shape index (κ3) is 4.04. The summed E-state index contributed by atoms with van der Waals surface area (Å²) in [5.41, 5.74) is 2.84. The van der Waals surface area contributed by atoms with Gasteiger partial charge in [0.1, 0.15) is 5.75 Å². The van der Waals surface area contributed by atoms with Gasteiger partial charge in [-0.25, -0.2) is 4.79 Å². The molecule has 0 unspecified atom stereocenters. The Balaban J connectivity index is 2.17. The Kier molecular flexibility index (Phi) is 6.18. The van der Waals surface area contributed by atoms with Crippen molar-refractivity contribution in [1.82, 2.24) is 9.88 Å². The lowest BCUT2D eigenvalue weighted by molar-refractivity contribution is 0.190. The molecule has 0 aliphatic heterocycles. The van der Waals surface area contributed by atoms with Crippen molar-refractivity contribution in [2.24, 2.45) is 0 Å². The Bertz CT molecular complexity index is 674. The van der Waals surface area contributed by atoms with Crippen LogP contribution in [-0.2, 0) is 0 Å². The SMILES string of the molecule is CC[C@H](c1ccncc1)N(CC)C(=O)Nc1ccc(OC)c(C)c1. The second-order valence-corrected chi connectivity index (χ2v) is 5.61. The van der Waals surface area contributed by atoms with E-state index in [2.05, 4.69) is 17.2 Å². The van der Waals surface area contributed by atoms with Crippen molar-refractivity contribution in [3.8, 4) is 5.75 Å². The van der Waals surface area contributed by atoms with Crippen LogP contribution in [0.3, 0.4) is 0 Å². The quantitative estimate of drug-likeness (QED) is 0.855. The van der Waals surface area contributed by atoms with Gasteiger partial charge in [0, 0.05) is 24.6 Å². The van der Waals surface area contributed by atoms with Gasteiger partial charge in [0.2, 0.25) is 0 Å². The minimum atomic E-state index is -0.106. The number of ether oxygens (including phenoxy) is 1. The standard InChI is InChI=1S/C19H25N3O2/c1-5-17(15-9-11-20-12-10-15)22(6-2)19(23)21-16-7-8-18(24-4)14(3)13-16/h7-13,17H,5-6H2,1-4H3,(H,21,23)/t17-/m1/s1. The molecule has 2 amide bonds. The normalized spacial score (nSPS) is 11.7. The Hall–Kier alpha value is -2.56. The van der Waals surface area contributed by atoms with Gasteiger partial charge in [0.05, 0.1) is 13.2 Å². The van der Waals surface area contributed by atoms with Crippen LogP contribution < -0.4 is 10.1 Å². The van der Waals surface area contributed by atoms with E-state index in [1.165, 1.54) is 0 Å². The lowest BCUT2D eigenvalue weighted by atomic mass is 10.0. The molecule has 0 radical (unpaired) electrons. The van der Waals surface area contributed by atoms with Crippen molar-refractivity contribution in [2.45, 2.75) is 33.2 Å². The van der Waals surface area contributed by atoms with Crippen molar-refractivity contribution in [1.29, 1.82) is 0 Å². The molecule has 0 spiro atoms. The van der Waals surface area contributed by atoms with Gasteiger partial charge < -0.3 is 15.0 Å². The average molecular weight is 327 g/mol. The van der Waals surface area contributed by atoms with Crippen molar-refractivity contribution >= 4 is 11.7 Å². The highest BCUT2D eigenvalue weighted by atomic mass is 16.5. The van der Waals surface area contributed by atoms with Crippen molar-refractivity contribution in [3.05, 3.63) is 53.9 Å². The highest BCUT2D eigenvalue weighted by Gasteiger charge is 2.22. The zero-order chi connectivity index (χ0) is 17.5. The number of carbonyl (C=O) groups excluding carboxylic acids is 1. The summed E-state index contributed by atoms with van der Waals surface area (Å²) in [6.45, 7) is 6.65. The van der Waals surface area contributed by atoms with Crippen LogP contribution >= 0.6 is 0 Å². The highest BCUT2D eigenvalue weighted by molar-refractivity contribution is 5.89. The largest absolute Gasteiger partial charge is 0.496 e. The zero-order valence-electron chi connectivity index (χ0n) is 14.7. The van der Waals surface area contributed by atoms with Crippen LogP contribution in [0.25, 0.3) is 0 Å². The Morgan fingerprint density at radius 1 is 1.25 bits per heavy atom. The maximum Gasteiger partial charge on any atom is 0.322 e. The second-order valence-electron chi connectivity index (χ2n) is 5.61. The third-order valence-electron chi connectivity index (χ3n) is 4.10. The number of hydrogen-bond acceptors (Lipinski definition) is 3. The fraction of sp³-hybridized carbons (Fsp3) is 0.368. The van der Waals surface area contributed by atoms with Crippen LogP contribution in [0, 0.1) is 6.92 Å². The molecule has 128 valence electrons. The summed E-state index contributed by atoms with van der Waals surface area (Å²) in [5, 5.41) is 2.99. The summed E-state index contributed by atoms with van der Waals surface area (Å²) in [6.07, 6.45) is 4.36. The number of aromatic nitrogens is 1. The molecule has 0 bridgehead atoms. The number of urea groups is 1. The summed E-state index contributed by atoms with van der Waals surface area (Å²) in [6, 6.07) is 9.47. The number of hydrogen-bond donors (Lipinski definition) is 1. The lowest BCUT2D eigenvalue weighted by Crippen LogP contribution is -2.37. The van der Waals surface area contributed by atoms with Gasteiger partial charge in [0.15, 0.2) is 0 Å². The van der Waals surface area contributed by atoms with Crippen LogP contribution in [-0.4, -0.2) is 29.6 Å². The van der Waals surface area contributed by atoms with Gasteiger partial charge in [0.25, 0.3) is 0 Å². The van der Waals surface area contributed by atoms with Gasteiger partial charge in [-0.3, -0.25) is 4.98 Å². The van der Waals surface area contributed by atoms with E-state index < -0.39 is 0 Å². The van der Waals surface area contributed by atoms with E-state index in [-0.39, 0.29) is 12.1 Å². The van der Waals surface area contributed by atoms with Gasteiger partial charge in [-0.2, -0.15) is 0 Å². The van der Waals surface area contributed by atoms with Crippen LogP contribution in [0.5, 0.6) is 5.75 Å². The molecule has 5 nitrogen and oxygen atoms in total. The van der Waals surface area contributed by atoms with Gasteiger partial charge >= 0.3 is 6.03 Å². The molecule has 1 aromatic carbocycles. The lowest BCUT2D eigenvalue weighted by Gasteiger charge is -2.30. The van der Waals surface area contributed by atoms with Crippen LogP contribution in [0.15, 0.2) is 42.7 Å². The molecular formula is C19H25N3O2. The van der Waals surface area contributed by atoms with Crippen LogP contribution in [0.2, 0.25) is 0 Å². The summed E-state index contributed by atoms with van der Waals surface area (Å²) >= 11 is 0. The molecule has 1 atom stereocenters. The number of pyridine rings is 1. The first-order chi connectivity index (χ1) is 11.6. The number of methoxy groups -OCH3 is 1. The number of amides is 2. The summed E-state index contributed by atoms with van der Waals surface area (Å²) in [7, 11) is 1.64. The fourth-order valence-corrected chi connectivity index (χ4v) is 2.88. The first-order valence-electron chi connectivity index (χ1n) is 8.22. The Morgan fingerprint density at radius 2 is 1.96 bits per heavy atom. The van der Waals surface area contributed by atoms with E-state index in [0.29, 0.717) is 6.54 Å². The highest BCUT2D eigenvalue weighted by Crippen LogP contribution is 2.26. The number of aryl methyl sites for hydroxylation is 1. The molecule has 2 rings (SSSR count). The molecular weight excluding hydrogens is 302 g/mol. The maximum absolute atomic E-state index is 12.8. The fourth-order valence-electron chi connectivity index (χ4n) is 2.88. The van der Waals surface area contributed by atoms with Gasteiger partial charge in [-0.05, 0) is 61.7 Å². The molecule has 2 aromatic rings. The average Bonchev–Trinajstić information content (AvgIpc) is 2.60. The van der Waals surface area contributed by atoms with E-state index in [9.17, 15) is 4.79 Å². The minimum absolute atomic E-state index is 0.0253. The topological polar surface area (TPSA) is 54.5 Å². The first kappa shape index (κ1) is 17.8. The number of rotatable bonds is 6. The summed E-state index contributed by atoms with van der Waals surface area (Å²) < 4.78 is 5.26. The Labute approximate surface area is 143 Å². The second kappa shape index (κ2) is 8.34. The maximum atomic E-state index is 12.8. The molecule has 1 heterocycles. The number of benzene rings is 1. The summed E-state index contributed by atoms with van der Waals surface area (Å²) in [5.74, 6) is 0.809. The van der Waals surface area contributed by atoms with Crippen molar-refractivity contribution in [3.63, 3.8) is 0 Å². The molecule has 0 saturated heterocycles. The van der Waals surface area contributed by atoms with Gasteiger partial charge in [-0.15, -0.1) is 0 Å². The molecule has 1 N–H and O–H groups in total. The number of anilines is 1. The molecule has 24 heavy (non-hydrogen) atoms. The van der Waals surface area contributed by atoms with E-state index in [1.807, 2.05) is 49.1 Å². The number of nitrogens with zero attached hydrogens (tertiary/aromatic N) is 2. The molecule has 5 heteroatoms. The van der Waals surface area contributed by atoms with E-state index >= 15 is 0 Å². The van der Waals surface area contributed by atoms with E-state index in [1.54, 1.807) is 19.5 Å². The first-order valence-corrected chi connectivity index (χ1v) is 8.22. The van der Waals surface area contributed by atoms with Crippen molar-refractivity contribution < 1.29 is 9.53 Å². The molecule has 0 aliphatic rings. The predicted molar refractivity (Wildman–Crippen MR) is 96.4 cm³/mol. The molecule has 0 fully saturated rings. The minimum Gasteiger partial charge on any atom is -0.496 e. The number of nitrogens with one attached hydrogen (secondary N) is 1. The van der Waals surface area contributed by atoms with Crippen LogP contribution in [0.4, 0.5) is 10.5 Å². The molecule has 0 aliphatic carbocycles. The van der Waals surface area contributed by atoms with Crippen molar-refractivity contribution in [2.75, 3.05) is 19.0 Å². The third-order valence-corrected chi connectivity index (χ3v) is 4.10. The summed E-state index contributed by atoms with van der Waals surface area (Å²) in [4.78, 5) is 18.6. The zero-order valence-corrected chi connectivity index (χ0v) is 14.7. The molecule has 0 saturated carbocycles. The Morgan fingerprint density at radius 3 is 2.50 bits per heavy atom. The smallest absolute Gasteiger partial charge is 0.322 e. The molecule has 1 aromatic heterocycles.